The zero-order valence-corrected chi connectivity index (χ0v) is 7.27. The SMILES string of the molecule is N#CCCC=NNc1ccccc1. The molecule has 13 heavy (non-hydrogen) atoms. The summed E-state index contributed by atoms with van der Waals surface area (Å²) >= 11 is 0. The average Bonchev–Trinajstić information content (AvgIpc) is 2.19. The molecule has 1 aromatic rings. The highest BCUT2D eigenvalue weighted by Crippen LogP contribution is 2.03. The number of hydrazone groups is 1. The molecule has 0 aromatic heterocycles. The first-order valence-electron chi connectivity index (χ1n) is 4.13. The van der Waals surface area contributed by atoms with Crippen molar-refractivity contribution in [3.63, 3.8) is 0 Å². The van der Waals surface area contributed by atoms with Crippen molar-refractivity contribution < 1.29 is 0 Å². The van der Waals surface area contributed by atoms with E-state index in [2.05, 4.69) is 10.5 Å². The van der Waals surface area contributed by atoms with Crippen LogP contribution in [0.1, 0.15) is 12.8 Å². The van der Waals surface area contributed by atoms with Gasteiger partial charge in [-0.15, -0.1) is 0 Å². The monoisotopic (exact) mass is 173 g/mol. The molecule has 0 spiro atoms. The molecule has 3 heteroatoms. The third-order valence-corrected chi connectivity index (χ3v) is 1.44. The van der Waals surface area contributed by atoms with Crippen LogP contribution in [0.15, 0.2) is 35.4 Å². The van der Waals surface area contributed by atoms with Crippen LogP contribution >= 0.6 is 0 Å². The molecule has 0 aliphatic heterocycles. The van der Waals surface area contributed by atoms with E-state index < -0.39 is 0 Å². The van der Waals surface area contributed by atoms with Crippen LogP contribution in [0.25, 0.3) is 0 Å². The van der Waals surface area contributed by atoms with Gasteiger partial charge >= 0.3 is 0 Å². The quantitative estimate of drug-likeness (QED) is 0.431. The first kappa shape index (κ1) is 9.27. The van der Waals surface area contributed by atoms with Crippen molar-refractivity contribution in [3.8, 4) is 6.07 Å². The van der Waals surface area contributed by atoms with Gasteiger partial charge < -0.3 is 0 Å². The number of nitrogens with zero attached hydrogens (tertiary/aromatic N) is 2. The molecule has 1 N–H and O–H groups in total. The van der Waals surface area contributed by atoms with E-state index in [1.54, 1.807) is 6.21 Å². The molecule has 3 nitrogen and oxygen atoms in total. The average molecular weight is 173 g/mol. The molecule has 0 atom stereocenters. The number of benzene rings is 1. The van der Waals surface area contributed by atoms with Gasteiger partial charge in [0.15, 0.2) is 0 Å². The molecule has 0 heterocycles. The van der Waals surface area contributed by atoms with Crippen LogP contribution in [-0.2, 0) is 0 Å². The lowest BCUT2D eigenvalue weighted by atomic mass is 10.3. The molecular weight excluding hydrogens is 162 g/mol. The molecule has 0 aliphatic carbocycles. The Bertz CT molecular complexity index is 298. The van der Waals surface area contributed by atoms with Gasteiger partial charge in [0, 0.05) is 12.6 Å². The minimum atomic E-state index is 0.514. The Morgan fingerprint density at radius 2 is 2.15 bits per heavy atom. The highest BCUT2D eigenvalue weighted by Gasteiger charge is 1.83. The molecule has 0 saturated carbocycles. The number of rotatable bonds is 4. The highest BCUT2D eigenvalue weighted by molar-refractivity contribution is 5.59. The molecular formula is C10H11N3. The van der Waals surface area contributed by atoms with E-state index in [4.69, 9.17) is 5.26 Å². The minimum Gasteiger partial charge on any atom is -0.279 e. The number of nitriles is 1. The van der Waals surface area contributed by atoms with Gasteiger partial charge in [-0.2, -0.15) is 10.4 Å². The number of para-hydroxylation sites is 1. The smallest absolute Gasteiger partial charge is 0.0625 e. The van der Waals surface area contributed by atoms with Crippen LogP contribution in [0.4, 0.5) is 5.69 Å². The second-order valence-electron chi connectivity index (χ2n) is 2.49. The van der Waals surface area contributed by atoms with Gasteiger partial charge in [-0.3, -0.25) is 5.43 Å². The van der Waals surface area contributed by atoms with E-state index in [0.29, 0.717) is 12.8 Å². The van der Waals surface area contributed by atoms with Crippen molar-refractivity contribution >= 4 is 11.9 Å². The molecule has 0 unspecified atom stereocenters. The summed E-state index contributed by atoms with van der Waals surface area (Å²) in [6, 6.07) is 11.7. The summed E-state index contributed by atoms with van der Waals surface area (Å²) < 4.78 is 0. The summed E-state index contributed by atoms with van der Waals surface area (Å²) in [7, 11) is 0. The van der Waals surface area contributed by atoms with Gasteiger partial charge in [0.2, 0.25) is 0 Å². The summed E-state index contributed by atoms with van der Waals surface area (Å²) in [5.41, 5.74) is 3.82. The van der Waals surface area contributed by atoms with E-state index in [-0.39, 0.29) is 0 Å². The van der Waals surface area contributed by atoms with E-state index in [1.807, 2.05) is 36.4 Å². The molecule has 66 valence electrons. The first-order chi connectivity index (χ1) is 6.43. The van der Waals surface area contributed by atoms with E-state index in [0.717, 1.165) is 5.69 Å². The maximum atomic E-state index is 8.25. The number of nitrogens with one attached hydrogen (secondary N) is 1. The predicted octanol–water partition coefficient (Wildman–Crippen LogP) is 2.39. The zero-order valence-electron chi connectivity index (χ0n) is 7.27. The molecule has 0 fully saturated rings. The summed E-state index contributed by atoms with van der Waals surface area (Å²) in [6.45, 7) is 0. The molecule has 0 aliphatic rings. The largest absolute Gasteiger partial charge is 0.279 e. The second kappa shape index (κ2) is 5.78. The lowest BCUT2D eigenvalue weighted by Crippen LogP contribution is -1.88. The first-order valence-corrected chi connectivity index (χ1v) is 4.13. The van der Waals surface area contributed by atoms with Crippen LogP contribution in [0.3, 0.4) is 0 Å². The topological polar surface area (TPSA) is 48.2 Å². The zero-order chi connectivity index (χ0) is 9.36. The second-order valence-corrected chi connectivity index (χ2v) is 2.49. The number of unbranched alkanes of at least 4 members (excludes halogenated alkanes) is 1. The van der Waals surface area contributed by atoms with Crippen LogP contribution in [0.5, 0.6) is 0 Å². The Morgan fingerprint density at radius 1 is 1.38 bits per heavy atom. The number of hydrogen-bond acceptors (Lipinski definition) is 3. The van der Waals surface area contributed by atoms with Crippen molar-refractivity contribution in [1.82, 2.24) is 0 Å². The van der Waals surface area contributed by atoms with Crippen LogP contribution in [-0.4, -0.2) is 6.21 Å². The van der Waals surface area contributed by atoms with E-state index in [1.165, 1.54) is 0 Å². The lowest BCUT2D eigenvalue weighted by molar-refractivity contribution is 1.12. The third kappa shape index (κ3) is 3.92. The molecule has 1 aromatic carbocycles. The Kier molecular flexibility index (Phi) is 4.12. The molecule has 0 amide bonds. The maximum absolute atomic E-state index is 8.25. The fourth-order valence-corrected chi connectivity index (χ4v) is 0.827. The normalized spacial score (nSPS) is 9.77. The van der Waals surface area contributed by atoms with Crippen LogP contribution < -0.4 is 5.43 Å². The van der Waals surface area contributed by atoms with E-state index in [9.17, 15) is 0 Å². The van der Waals surface area contributed by atoms with Crippen LogP contribution in [0.2, 0.25) is 0 Å². The van der Waals surface area contributed by atoms with Crippen molar-refractivity contribution in [2.24, 2.45) is 5.10 Å². The highest BCUT2D eigenvalue weighted by atomic mass is 15.3. The van der Waals surface area contributed by atoms with Gasteiger partial charge in [0.25, 0.3) is 0 Å². The summed E-state index contributed by atoms with van der Waals surface area (Å²) in [5, 5.41) is 12.2. The fraction of sp³-hybridized carbons (Fsp3) is 0.200. The molecule has 0 radical (unpaired) electrons. The van der Waals surface area contributed by atoms with E-state index >= 15 is 0 Å². The molecule has 1 rings (SSSR count). The van der Waals surface area contributed by atoms with Crippen LogP contribution in [0, 0.1) is 11.3 Å². The van der Waals surface area contributed by atoms with Gasteiger partial charge in [0.05, 0.1) is 11.8 Å². The predicted molar refractivity (Wildman–Crippen MR) is 53.4 cm³/mol. The van der Waals surface area contributed by atoms with Crippen molar-refractivity contribution in [1.29, 1.82) is 5.26 Å². The Morgan fingerprint density at radius 3 is 2.85 bits per heavy atom. The van der Waals surface area contributed by atoms with Gasteiger partial charge in [-0.25, -0.2) is 0 Å². The Labute approximate surface area is 77.7 Å². The number of hydrogen-bond donors (Lipinski definition) is 1. The summed E-state index contributed by atoms with van der Waals surface area (Å²) in [5.74, 6) is 0. The van der Waals surface area contributed by atoms with Crippen molar-refractivity contribution in [2.45, 2.75) is 12.8 Å². The summed E-state index contributed by atoms with van der Waals surface area (Å²) in [4.78, 5) is 0. The van der Waals surface area contributed by atoms with Gasteiger partial charge in [-0.05, 0) is 18.6 Å². The fourth-order valence-electron chi connectivity index (χ4n) is 0.827. The van der Waals surface area contributed by atoms with Crippen molar-refractivity contribution in [2.75, 3.05) is 5.43 Å². The Balaban J connectivity index is 2.28. The summed E-state index contributed by atoms with van der Waals surface area (Å²) in [6.07, 6.45) is 2.91. The standard InChI is InChI=1S/C10H11N3/c11-8-4-5-9-12-13-10-6-2-1-3-7-10/h1-3,6-7,9,13H,4-5H2. The lowest BCUT2D eigenvalue weighted by Gasteiger charge is -1.96. The maximum Gasteiger partial charge on any atom is 0.0625 e. The molecule has 0 saturated heterocycles. The third-order valence-electron chi connectivity index (χ3n) is 1.44. The van der Waals surface area contributed by atoms with Gasteiger partial charge in [-0.1, -0.05) is 18.2 Å². The van der Waals surface area contributed by atoms with Gasteiger partial charge in [0.1, 0.15) is 0 Å². The minimum absolute atomic E-state index is 0.514. The molecule has 0 bridgehead atoms. The number of anilines is 1. The Hall–Kier alpha value is -1.82. The van der Waals surface area contributed by atoms with Crippen molar-refractivity contribution in [3.05, 3.63) is 30.3 Å².